The predicted octanol–water partition coefficient (Wildman–Crippen LogP) is 3.16. The zero-order valence-corrected chi connectivity index (χ0v) is 14.8. The van der Waals surface area contributed by atoms with Gasteiger partial charge in [-0.25, -0.2) is 0 Å². The third-order valence-corrected chi connectivity index (χ3v) is 4.97. The van der Waals surface area contributed by atoms with E-state index in [0.717, 1.165) is 10.0 Å². The second-order valence-corrected chi connectivity index (χ2v) is 7.01. The highest BCUT2D eigenvalue weighted by Gasteiger charge is 2.33. The number of carboxylic acid groups (broad SMARTS) is 1. The van der Waals surface area contributed by atoms with Crippen molar-refractivity contribution in [2.45, 2.75) is 25.8 Å². The predicted molar refractivity (Wildman–Crippen MR) is 92.6 cm³/mol. The molecule has 2 N–H and O–H groups in total. The highest BCUT2D eigenvalue weighted by Crippen LogP contribution is 2.25. The van der Waals surface area contributed by atoms with Gasteiger partial charge >= 0.3 is 5.97 Å². The van der Waals surface area contributed by atoms with Crippen LogP contribution in [0.25, 0.3) is 11.3 Å². The number of piperidine rings is 1. The Morgan fingerprint density at radius 1 is 1.29 bits per heavy atom. The average molecular weight is 392 g/mol. The van der Waals surface area contributed by atoms with Gasteiger partial charge in [-0.1, -0.05) is 28.1 Å². The molecule has 3 rings (SSSR count). The fourth-order valence-electron chi connectivity index (χ4n) is 2.95. The second kappa shape index (κ2) is 6.76. The van der Waals surface area contributed by atoms with E-state index in [2.05, 4.69) is 26.1 Å². The van der Waals surface area contributed by atoms with Crippen LogP contribution >= 0.6 is 15.9 Å². The number of hydrogen-bond acceptors (Lipinski definition) is 3. The Bertz CT molecular complexity index is 757. The van der Waals surface area contributed by atoms with E-state index in [0.29, 0.717) is 24.2 Å². The molecular formula is C17H18BrN3O3. The second-order valence-electron chi connectivity index (χ2n) is 6.09. The monoisotopic (exact) mass is 391 g/mol. The lowest BCUT2D eigenvalue weighted by Crippen LogP contribution is -2.47. The highest BCUT2D eigenvalue weighted by atomic mass is 79.9. The maximum absolute atomic E-state index is 12.7. The number of rotatable bonds is 3. The lowest BCUT2D eigenvalue weighted by Gasteiger charge is -2.36. The summed E-state index contributed by atoms with van der Waals surface area (Å²) in [4.78, 5) is 25.6. The van der Waals surface area contributed by atoms with Gasteiger partial charge in [0.1, 0.15) is 5.69 Å². The SMILES string of the molecule is CC1CCC(C(=O)O)CN1C(=O)c1cc(-c2ccc(Br)cc2)n[nH]1. The van der Waals surface area contributed by atoms with Crippen molar-refractivity contribution < 1.29 is 14.7 Å². The molecule has 2 unspecified atom stereocenters. The number of nitrogens with one attached hydrogen (secondary N) is 1. The van der Waals surface area contributed by atoms with Gasteiger partial charge in [-0.15, -0.1) is 0 Å². The number of aromatic nitrogens is 2. The molecule has 1 fully saturated rings. The summed E-state index contributed by atoms with van der Waals surface area (Å²) in [5.74, 6) is -1.55. The fraction of sp³-hybridized carbons (Fsp3) is 0.353. The molecule has 0 spiro atoms. The molecule has 1 aromatic heterocycles. The Morgan fingerprint density at radius 3 is 2.67 bits per heavy atom. The van der Waals surface area contributed by atoms with Gasteiger partial charge in [-0.2, -0.15) is 5.10 Å². The van der Waals surface area contributed by atoms with Crippen molar-refractivity contribution in [1.82, 2.24) is 15.1 Å². The van der Waals surface area contributed by atoms with Crippen LogP contribution in [-0.4, -0.2) is 44.7 Å². The van der Waals surface area contributed by atoms with Crippen molar-refractivity contribution >= 4 is 27.8 Å². The van der Waals surface area contributed by atoms with Gasteiger partial charge < -0.3 is 10.0 Å². The molecule has 1 amide bonds. The van der Waals surface area contributed by atoms with Crippen LogP contribution in [0.1, 0.15) is 30.3 Å². The first-order valence-corrected chi connectivity index (χ1v) is 8.60. The molecule has 0 bridgehead atoms. The summed E-state index contributed by atoms with van der Waals surface area (Å²) in [5, 5.41) is 16.2. The van der Waals surface area contributed by atoms with E-state index in [-0.39, 0.29) is 18.5 Å². The lowest BCUT2D eigenvalue weighted by molar-refractivity contribution is -0.143. The number of hydrogen-bond donors (Lipinski definition) is 2. The number of carbonyl (C=O) groups excluding carboxylic acids is 1. The first kappa shape index (κ1) is 16.7. The average Bonchev–Trinajstić information content (AvgIpc) is 3.05. The van der Waals surface area contributed by atoms with Crippen molar-refractivity contribution in [3.63, 3.8) is 0 Å². The van der Waals surface area contributed by atoms with Crippen LogP contribution in [0.3, 0.4) is 0 Å². The van der Waals surface area contributed by atoms with Gasteiger partial charge in [0, 0.05) is 22.6 Å². The molecule has 1 aliphatic heterocycles. The molecule has 2 heterocycles. The van der Waals surface area contributed by atoms with Crippen LogP contribution in [0.15, 0.2) is 34.8 Å². The minimum Gasteiger partial charge on any atom is -0.481 e. The molecule has 7 heteroatoms. The maximum atomic E-state index is 12.7. The summed E-state index contributed by atoms with van der Waals surface area (Å²) < 4.78 is 0.972. The molecule has 6 nitrogen and oxygen atoms in total. The summed E-state index contributed by atoms with van der Waals surface area (Å²) in [5.41, 5.74) is 1.97. The maximum Gasteiger partial charge on any atom is 0.308 e. The number of aliphatic carboxylic acids is 1. The van der Waals surface area contributed by atoms with E-state index in [9.17, 15) is 14.7 Å². The number of amides is 1. The molecule has 1 aromatic carbocycles. The van der Waals surface area contributed by atoms with E-state index in [1.54, 1.807) is 11.0 Å². The van der Waals surface area contributed by atoms with E-state index in [1.165, 1.54) is 0 Å². The normalized spacial score (nSPS) is 20.8. The van der Waals surface area contributed by atoms with Crippen LogP contribution in [0.5, 0.6) is 0 Å². The number of likely N-dealkylation sites (tertiary alicyclic amines) is 1. The van der Waals surface area contributed by atoms with Gasteiger partial charge in [0.25, 0.3) is 5.91 Å². The molecule has 0 aliphatic carbocycles. The van der Waals surface area contributed by atoms with Gasteiger partial charge in [-0.05, 0) is 38.0 Å². The van der Waals surface area contributed by atoms with Crippen molar-refractivity contribution in [2.75, 3.05) is 6.54 Å². The molecule has 1 aliphatic rings. The van der Waals surface area contributed by atoms with E-state index in [1.807, 2.05) is 31.2 Å². The summed E-state index contributed by atoms with van der Waals surface area (Å²) >= 11 is 3.39. The largest absolute Gasteiger partial charge is 0.481 e. The molecule has 1 saturated heterocycles. The number of carbonyl (C=O) groups is 2. The zero-order valence-electron chi connectivity index (χ0n) is 13.2. The third kappa shape index (κ3) is 3.36. The van der Waals surface area contributed by atoms with Gasteiger partial charge in [0.2, 0.25) is 0 Å². The van der Waals surface area contributed by atoms with Gasteiger partial charge in [-0.3, -0.25) is 14.7 Å². The van der Waals surface area contributed by atoms with Crippen LogP contribution in [0.2, 0.25) is 0 Å². The minimum atomic E-state index is -0.847. The Balaban J connectivity index is 1.80. The Labute approximate surface area is 148 Å². The van der Waals surface area contributed by atoms with E-state index < -0.39 is 11.9 Å². The topological polar surface area (TPSA) is 86.3 Å². The Morgan fingerprint density at radius 2 is 2.00 bits per heavy atom. The fourth-order valence-corrected chi connectivity index (χ4v) is 3.21. The van der Waals surface area contributed by atoms with E-state index >= 15 is 0 Å². The number of benzene rings is 1. The summed E-state index contributed by atoms with van der Waals surface area (Å²) in [6.07, 6.45) is 1.30. The first-order chi connectivity index (χ1) is 11.5. The standard InChI is InChI=1S/C17H18BrN3O3/c1-10-2-3-12(17(23)24)9-21(10)16(22)15-8-14(19-20-15)11-4-6-13(18)7-5-11/h4-8,10,12H,2-3,9H2,1H3,(H,19,20)(H,23,24). The van der Waals surface area contributed by atoms with E-state index in [4.69, 9.17) is 0 Å². The molecule has 0 radical (unpaired) electrons. The molecule has 2 aromatic rings. The lowest BCUT2D eigenvalue weighted by atomic mass is 9.93. The van der Waals surface area contributed by atoms with Gasteiger partial charge in [0.15, 0.2) is 0 Å². The first-order valence-electron chi connectivity index (χ1n) is 7.81. The van der Waals surface area contributed by atoms with Crippen LogP contribution in [0, 0.1) is 5.92 Å². The molecule has 0 saturated carbocycles. The minimum absolute atomic E-state index is 0.0209. The smallest absolute Gasteiger partial charge is 0.308 e. The van der Waals surface area contributed by atoms with Crippen molar-refractivity contribution in [1.29, 1.82) is 0 Å². The van der Waals surface area contributed by atoms with Crippen LogP contribution in [0.4, 0.5) is 0 Å². The van der Waals surface area contributed by atoms with Crippen LogP contribution in [-0.2, 0) is 4.79 Å². The number of H-pyrrole nitrogens is 1. The highest BCUT2D eigenvalue weighted by molar-refractivity contribution is 9.10. The van der Waals surface area contributed by atoms with Crippen molar-refractivity contribution in [2.24, 2.45) is 5.92 Å². The quantitative estimate of drug-likeness (QED) is 0.840. The Kier molecular flexibility index (Phi) is 4.71. The molecule has 24 heavy (non-hydrogen) atoms. The summed E-state index contributed by atoms with van der Waals surface area (Å²) in [7, 11) is 0. The number of aromatic amines is 1. The summed E-state index contributed by atoms with van der Waals surface area (Å²) in [6.45, 7) is 2.18. The molecule has 2 atom stereocenters. The van der Waals surface area contributed by atoms with Crippen LogP contribution < -0.4 is 0 Å². The number of nitrogens with zero attached hydrogens (tertiary/aromatic N) is 2. The zero-order chi connectivity index (χ0) is 17.3. The third-order valence-electron chi connectivity index (χ3n) is 4.44. The number of carboxylic acids is 1. The van der Waals surface area contributed by atoms with Gasteiger partial charge in [0.05, 0.1) is 11.6 Å². The number of halogens is 1. The molecular weight excluding hydrogens is 374 g/mol. The van der Waals surface area contributed by atoms with Crippen molar-refractivity contribution in [3.8, 4) is 11.3 Å². The Hall–Kier alpha value is -2.15. The summed E-state index contributed by atoms with van der Waals surface area (Å²) in [6, 6.07) is 9.39. The van der Waals surface area contributed by atoms with Crippen molar-refractivity contribution in [3.05, 3.63) is 40.5 Å². The molecule has 126 valence electrons.